The van der Waals surface area contributed by atoms with Gasteiger partial charge < -0.3 is 5.11 Å². The summed E-state index contributed by atoms with van der Waals surface area (Å²) < 4.78 is 51.8. The van der Waals surface area contributed by atoms with Gasteiger partial charge in [0.1, 0.15) is 0 Å². The number of allylic oxidation sites excluding steroid dienone is 1. The number of aliphatic hydroxyl groups is 1. The average molecular weight is 404 g/mol. The molecule has 29 heavy (non-hydrogen) atoms. The Balaban J connectivity index is 1.40. The van der Waals surface area contributed by atoms with Gasteiger partial charge in [-0.1, -0.05) is 39.3 Å². The summed E-state index contributed by atoms with van der Waals surface area (Å²) in [4.78, 5) is 2.84. The van der Waals surface area contributed by atoms with E-state index in [1.165, 1.54) is 19.4 Å². The van der Waals surface area contributed by atoms with Crippen LogP contribution in [0.4, 0.5) is 0 Å². The molecule has 6 rings (SSSR count). The summed E-state index contributed by atoms with van der Waals surface area (Å²) in [7, 11) is 0. The molecular formula is C27H43NO. The Labute approximate surface area is 186 Å². The Morgan fingerprint density at radius 2 is 2.00 bits per heavy atom. The van der Waals surface area contributed by atoms with Crippen molar-refractivity contribution in [1.82, 2.24) is 4.90 Å². The van der Waals surface area contributed by atoms with Gasteiger partial charge in [-0.3, -0.25) is 4.90 Å². The van der Waals surface area contributed by atoms with E-state index < -0.39 is 24.2 Å². The van der Waals surface area contributed by atoms with E-state index in [2.05, 4.69) is 25.7 Å². The van der Waals surface area contributed by atoms with E-state index in [4.69, 9.17) is 8.22 Å². The maximum Gasteiger partial charge on any atom is 0.0604 e. The van der Waals surface area contributed by atoms with Crippen molar-refractivity contribution < 1.29 is 13.3 Å². The summed E-state index contributed by atoms with van der Waals surface area (Å²) >= 11 is 0. The lowest BCUT2D eigenvalue weighted by Gasteiger charge is -2.58. The predicted molar refractivity (Wildman–Crippen MR) is 118 cm³/mol. The van der Waals surface area contributed by atoms with Gasteiger partial charge in [-0.25, -0.2) is 0 Å². The minimum Gasteiger partial charge on any atom is -0.393 e. The summed E-state index contributed by atoms with van der Waals surface area (Å²) in [6.07, 6.45) is -1.65. The standard InChI is InChI=1S/C27H43NO/c1-16-5-8-23-17(2)25-24(28(23)15-16)14-22-20-7-6-18-13-19(29)9-11-26(18,3)21(20)10-12-27(22,25)4/h6,16-17,19-25,29H,5,7-15H2,1-4H3/t16-,17+,19?,20+,21-,22-,23+,24-,25-,26-,27-/m0/s1/i6D,9D2,13D2,19D. The van der Waals surface area contributed by atoms with Gasteiger partial charge in [0.2, 0.25) is 0 Å². The molecular weight excluding hydrogens is 354 g/mol. The van der Waals surface area contributed by atoms with E-state index >= 15 is 0 Å². The average Bonchev–Trinajstić information content (AvgIpc) is 3.18. The number of nitrogens with zero attached hydrogens (tertiary/aromatic N) is 1. The van der Waals surface area contributed by atoms with E-state index in [-0.39, 0.29) is 35.3 Å². The monoisotopic (exact) mass is 403 g/mol. The molecule has 1 unspecified atom stereocenters. The smallest absolute Gasteiger partial charge is 0.0604 e. The Bertz CT molecular complexity index is 965. The Morgan fingerprint density at radius 3 is 2.83 bits per heavy atom. The summed E-state index contributed by atoms with van der Waals surface area (Å²) in [5.41, 5.74) is -0.422. The highest BCUT2D eigenvalue weighted by molar-refractivity contribution is 5.26. The molecule has 2 nitrogen and oxygen atoms in total. The summed E-state index contributed by atoms with van der Waals surface area (Å²) in [5.74, 6) is 2.89. The third-order valence-corrected chi connectivity index (χ3v) is 10.8. The predicted octanol–water partition coefficient (Wildman–Crippen LogP) is 5.66. The van der Waals surface area contributed by atoms with Gasteiger partial charge in [-0.15, -0.1) is 0 Å². The molecule has 162 valence electrons. The van der Waals surface area contributed by atoms with Crippen LogP contribution in [0.5, 0.6) is 0 Å². The third-order valence-electron chi connectivity index (χ3n) is 10.8. The molecule has 0 radical (unpaired) electrons. The van der Waals surface area contributed by atoms with Crippen molar-refractivity contribution in [3.63, 3.8) is 0 Å². The molecule has 11 atom stereocenters. The van der Waals surface area contributed by atoms with Crippen LogP contribution in [0.25, 0.3) is 0 Å². The molecule has 2 heterocycles. The van der Waals surface area contributed by atoms with Gasteiger partial charge >= 0.3 is 0 Å². The molecule has 1 N–H and O–H groups in total. The molecule has 4 aliphatic carbocycles. The zero-order valence-electron chi connectivity index (χ0n) is 24.7. The minimum atomic E-state index is -2.89. The zero-order valence-corrected chi connectivity index (χ0v) is 18.7. The van der Waals surface area contributed by atoms with Crippen molar-refractivity contribution in [2.45, 2.75) is 104 Å². The fraction of sp³-hybridized carbons (Fsp3) is 0.926. The Morgan fingerprint density at radius 1 is 1.17 bits per heavy atom. The van der Waals surface area contributed by atoms with Gasteiger partial charge in [0.15, 0.2) is 0 Å². The molecule has 0 aromatic heterocycles. The van der Waals surface area contributed by atoms with Crippen LogP contribution in [0.1, 0.15) is 93.6 Å². The first-order chi connectivity index (χ1) is 16.1. The summed E-state index contributed by atoms with van der Waals surface area (Å²) in [6, 6.07) is 1.52. The lowest BCUT2D eigenvalue weighted by atomic mass is 9.47. The van der Waals surface area contributed by atoms with Crippen LogP contribution in [0.15, 0.2) is 11.6 Å². The summed E-state index contributed by atoms with van der Waals surface area (Å²) in [5, 5.41) is 10.8. The topological polar surface area (TPSA) is 23.5 Å². The van der Waals surface area contributed by atoms with Gasteiger partial charge in [0.05, 0.1) is 8.82 Å². The van der Waals surface area contributed by atoms with Crippen molar-refractivity contribution in [2.75, 3.05) is 6.54 Å². The maximum atomic E-state index is 10.8. The first kappa shape index (κ1) is 13.9. The van der Waals surface area contributed by atoms with Crippen LogP contribution in [-0.4, -0.2) is 34.7 Å². The van der Waals surface area contributed by atoms with Gasteiger partial charge in [-0.2, -0.15) is 0 Å². The zero-order chi connectivity index (χ0) is 25.5. The van der Waals surface area contributed by atoms with E-state index in [0.29, 0.717) is 36.3 Å². The number of piperidine rings is 1. The molecule has 0 bridgehead atoms. The van der Waals surface area contributed by atoms with Crippen molar-refractivity contribution >= 4 is 0 Å². The number of hydrogen-bond donors (Lipinski definition) is 1. The van der Waals surface area contributed by atoms with E-state index in [1.807, 2.05) is 6.92 Å². The van der Waals surface area contributed by atoms with E-state index in [0.717, 1.165) is 25.2 Å². The van der Waals surface area contributed by atoms with Crippen molar-refractivity contribution in [1.29, 1.82) is 0 Å². The molecule has 5 fully saturated rings. The van der Waals surface area contributed by atoms with Crippen molar-refractivity contribution in [2.24, 2.45) is 46.3 Å². The molecule has 0 amide bonds. The fourth-order valence-corrected chi connectivity index (χ4v) is 9.54. The van der Waals surface area contributed by atoms with Gasteiger partial charge in [-0.05, 0) is 104 Å². The molecule has 2 aliphatic heterocycles. The molecule has 2 heteroatoms. The summed E-state index contributed by atoms with van der Waals surface area (Å²) in [6.45, 7) is 10.5. The first-order valence-electron chi connectivity index (χ1n) is 15.3. The van der Waals surface area contributed by atoms with Crippen LogP contribution >= 0.6 is 0 Å². The number of hydrogen-bond acceptors (Lipinski definition) is 2. The minimum absolute atomic E-state index is 0.0865. The van der Waals surface area contributed by atoms with Gasteiger partial charge in [0.25, 0.3) is 0 Å². The Hall–Kier alpha value is -0.340. The second-order valence-corrected chi connectivity index (χ2v) is 12.1. The van der Waals surface area contributed by atoms with E-state index in [9.17, 15) is 5.11 Å². The number of fused-ring (bicyclic) bond motifs is 9. The quantitative estimate of drug-likeness (QED) is 0.528. The highest BCUT2D eigenvalue weighted by atomic mass is 16.3. The third kappa shape index (κ3) is 2.48. The molecule has 2 saturated heterocycles. The highest BCUT2D eigenvalue weighted by Gasteiger charge is 2.66. The fourth-order valence-electron chi connectivity index (χ4n) is 9.54. The SMILES string of the molecule is [2H]C1=C2C([2H])([2H])C([2H])(O)C([2H])([2H])C[C@]2(C)[C@H]2CC[C@]3(C)[C@H]4[C@H](C)[C@H]5CC[C@H](C)CN5[C@H]4C[C@H]3[C@@H]2C1. The van der Waals surface area contributed by atoms with Crippen LogP contribution in [0.2, 0.25) is 0 Å². The first-order valence-corrected chi connectivity index (χ1v) is 12.3. The van der Waals surface area contributed by atoms with Gasteiger partial charge in [0, 0.05) is 24.1 Å². The van der Waals surface area contributed by atoms with Crippen LogP contribution in [0, 0.1) is 46.3 Å². The normalized spacial score (nSPS) is 68.6. The second-order valence-electron chi connectivity index (χ2n) is 12.1. The molecule has 6 aliphatic rings. The molecule has 3 saturated carbocycles. The molecule has 0 aromatic rings. The second kappa shape index (κ2) is 6.35. The van der Waals surface area contributed by atoms with Crippen LogP contribution < -0.4 is 0 Å². The maximum absolute atomic E-state index is 10.8. The highest BCUT2D eigenvalue weighted by Crippen LogP contribution is 2.69. The molecule has 0 aromatic carbocycles. The molecule has 0 spiro atoms. The number of rotatable bonds is 0. The van der Waals surface area contributed by atoms with Crippen LogP contribution in [0.3, 0.4) is 0 Å². The van der Waals surface area contributed by atoms with Crippen molar-refractivity contribution in [3.8, 4) is 0 Å². The van der Waals surface area contributed by atoms with Crippen molar-refractivity contribution in [3.05, 3.63) is 11.6 Å². The lowest BCUT2D eigenvalue weighted by molar-refractivity contribution is -0.0574. The van der Waals surface area contributed by atoms with E-state index in [1.54, 1.807) is 0 Å². The largest absolute Gasteiger partial charge is 0.393 e. The lowest BCUT2D eigenvalue weighted by Crippen LogP contribution is -2.51. The Kier molecular flexibility index (Phi) is 3.05. The van der Waals surface area contributed by atoms with Crippen LogP contribution in [-0.2, 0) is 0 Å².